The Labute approximate surface area is 117 Å². The summed E-state index contributed by atoms with van der Waals surface area (Å²) in [7, 11) is 0. The van der Waals surface area contributed by atoms with Crippen molar-refractivity contribution in [2.75, 3.05) is 6.61 Å². The number of nitrogens with zero attached hydrogens (tertiary/aromatic N) is 1. The number of alkyl halides is 3. The maximum atomic E-state index is 12.1. The molecule has 0 aliphatic rings. The summed E-state index contributed by atoms with van der Waals surface area (Å²) in [6.45, 7) is 1.83. The number of ether oxygens (including phenoxy) is 2. The average Bonchev–Trinajstić information content (AvgIpc) is 2.87. The Bertz CT molecular complexity index is 619. The average molecular weight is 301 g/mol. The highest BCUT2D eigenvalue weighted by atomic mass is 19.4. The highest BCUT2D eigenvalue weighted by Crippen LogP contribution is 2.28. The number of rotatable bonds is 4. The van der Waals surface area contributed by atoms with Gasteiger partial charge in [-0.15, -0.1) is 13.2 Å². The highest BCUT2D eigenvalue weighted by molar-refractivity contribution is 5.95. The lowest BCUT2D eigenvalue weighted by Crippen LogP contribution is -2.16. The fourth-order valence-electron chi connectivity index (χ4n) is 1.61. The van der Waals surface area contributed by atoms with Crippen molar-refractivity contribution in [2.24, 2.45) is 0 Å². The quantitative estimate of drug-likeness (QED) is 0.810. The standard InChI is InChI=1S/C13H10F3NO4/c1-2-19-12(18)10-7-17-21-11(10)8-3-5-9(6-4-8)20-13(14,15)16/h3-7H,2H2,1H3. The number of hydrogen-bond donors (Lipinski definition) is 0. The summed E-state index contributed by atoms with van der Waals surface area (Å²) in [5, 5.41) is 3.50. The van der Waals surface area contributed by atoms with Crippen LogP contribution in [0.5, 0.6) is 5.75 Å². The maximum Gasteiger partial charge on any atom is 0.573 e. The topological polar surface area (TPSA) is 61.6 Å². The van der Waals surface area contributed by atoms with Gasteiger partial charge in [-0.3, -0.25) is 0 Å². The Morgan fingerprint density at radius 1 is 1.29 bits per heavy atom. The van der Waals surface area contributed by atoms with Crippen molar-refractivity contribution in [3.63, 3.8) is 0 Å². The number of hydrogen-bond acceptors (Lipinski definition) is 5. The van der Waals surface area contributed by atoms with Crippen molar-refractivity contribution < 1.29 is 32.0 Å². The summed E-state index contributed by atoms with van der Waals surface area (Å²) >= 11 is 0. The fourth-order valence-corrected chi connectivity index (χ4v) is 1.61. The van der Waals surface area contributed by atoms with Gasteiger partial charge in [0.15, 0.2) is 5.76 Å². The van der Waals surface area contributed by atoms with E-state index in [1.54, 1.807) is 6.92 Å². The van der Waals surface area contributed by atoms with Gasteiger partial charge < -0.3 is 14.0 Å². The summed E-state index contributed by atoms with van der Waals surface area (Å²) in [6, 6.07) is 4.87. The fraction of sp³-hybridized carbons (Fsp3) is 0.231. The number of carbonyl (C=O) groups is 1. The first-order chi connectivity index (χ1) is 9.90. The van der Waals surface area contributed by atoms with Crippen LogP contribution in [0.1, 0.15) is 17.3 Å². The van der Waals surface area contributed by atoms with Crippen LogP contribution in [0.4, 0.5) is 13.2 Å². The van der Waals surface area contributed by atoms with Crippen LogP contribution in [0.3, 0.4) is 0 Å². The van der Waals surface area contributed by atoms with Gasteiger partial charge in [-0.2, -0.15) is 0 Å². The van der Waals surface area contributed by atoms with Gasteiger partial charge in [0.05, 0.1) is 12.8 Å². The first kappa shape index (κ1) is 14.9. The molecule has 2 aromatic rings. The van der Waals surface area contributed by atoms with Crippen molar-refractivity contribution in [2.45, 2.75) is 13.3 Å². The van der Waals surface area contributed by atoms with Crippen molar-refractivity contribution in [1.29, 1.82) is 0 Å². The second-order valence-electron chi connectivity index (χ2n) is 3.86. The van der Waals surface area contributed by atoms with Crippen LogP contribution < -0.4 is 4.74 Å². The van der Waals surface area contributed by atoms with Crippen LogP contribution in [0.15, 0.2) is 35.0 Å². The largest absolute Gasteiger partial charge is 0.573 e. The van der Waals surface area contributed by atoms with Gasteiger partial charge in [-0.25, -0.2) is 4.79 Å². The van der Waals surface area contributed by atoms with E-state index in [0.29, 0.717) is 5.56 Å². The Kier molecular flexibility index (Phi) is 4.15. The van der Waals surface area contributed by atoms with E-state index in [0.717, 1.165) is 12.1 Å². The lowest BCUT2D eigenvalue weighted by atomic mass is 10.1. The minimum atomic E-state index is -4.76. The predicted molar refractivity (Wildman–Crippen MR) is 64.6 cm³/mol. The normalized spacial score (nSPS) is 11.2. The molecule has 0 radical (unpaired) electrons. The molecule has 0 N–H and O–H groups in total. The monoisotopic (exact) mass is 301 g/mol. The molecular weight excluding hydrogens is 291 g/mol. The first-order valence-electron chi connectivity index (χ1n) is 5.88. The van der Waals surface area contributed by atoms with Crippen LogP contribution in [-0.2, 0) is 4.74 Å². The third-order valence-electron chi connectivity index (χ3n) is 2.42. The van der Waals surface area contributed by atoms with Gasteiger partial charge >= 0.3 is 12.3 Å². The number of carbonyl (C=O) groups excluding carboxylic acids is 1. The second-order valence-corrected chi connectivity index (χ2v) is 3.86. The molecular formula is C13H10F3NO4. The van der Waals surface area contributed by atoms with Crippen LogP contribution in [0, 0.1) is 0 Å². The molecule has 0 amide bonds. The van der Waals surface area contributed by atoms with Crippen molar-refractivity contribution in [3.8, 4) is 17.1 Å². The predicted octanol–water partition coefficient (Wildman–Crippen LogP) is 3.42. The molecule has 0 bridgehead atoms. The molecule has 21 heavy (non-hydrogen) atoms. The molecule has 5 nitrogen and oxygen atoms in total. The summed E-state index contributed by atoms with van der Waals surface area (Å²) in [6.07, 6.45) is -3.57. The molecule has 1 aromatic heterocycles. The summed E-state index contributed by atoms with van der Waals surface area (Å²) < 4.78 is 49.7. The number of aromatic nitrogens is 1. The zero-order valence-electron chi connectivity index (χ0n) is 10.8. The van der Waals surface area contributed by atoms with E-state index in [1.165, 1.54) is 18.3 Å². The van der Waals surface area contributed by atoms with Gasteiger partial charge in [-0.05, 0) is 31.2 Å². The van der Waals surface area contributed by atoms with E-state index in [2.05, 4.69) is 9.89 Å². The molecule has 0 saturated carbocycles. The molecule has 0 aliphatic carbocycles. The third-order valence-corrected chi connectivity index (χ3v) is 2.42. The van der Waals surface area contributed by atoms with Gasteiger partial charge in [0.25, 0.3) is 0 Å². The Balaban J connectivity index is 2.24. The molecule has 0 aliphatic heterocycles. The van der Waals surface area contributed by atoms with E-state index in [1.807, 2.05) is 0 Å². The minimum absolute atomic E-state index is 0.0985. The summed E-state index contributed by atoms with van der Waals surface area (Å²) in [4.78, 5) is 11.7. The van der Waals surface area contributed by atoms with Gasteiger partial charge in [0.1, 0.15) is 11.3 Å². The number of benzene rings is 1. The number of esters is 1. The lowest BCUT2D eigenvalue weighted by Gasteiger charge is -2.08. The van der Waals surface area contributed by atoms with E-state index < -0.39 is 12.3 Å². The third kappa shape index (κ3) is 3.74. The molecule has 1 heterocycles. The maximum absolute atomic E-state index is 12.1. The Morgan fingerprint density at radius 3 is 2.52 bits per heavy atom. The molecule has 2 rings (SSSR count). The SMILES string of the molecule is CCOC(=O)c1cnoc1-c1ccc(OC(F)(F)F)cc1. The molecule has 0 unspecified atom stereocenters. The first-order valence-corrected chi connectivity index (χ1v) is 5.88. The molecule has 0 fully saturated rings. The van der Waals surface area contributed by atoms with Gasteiger partial charge in [0.2, 0.25) is 0 Å². The van der Waals surface area contributed by atoms with Crippen molar-refractivity contribution in [1.82, 2.24) is 5.16 Å². The van der Waals surface area contributed by atoms with Crippen LogP contribution in [0.2, 0.25) is 0 Å². The summed E-state index contributed by atoms with van der Waals surface area (Å²) in [5.41, 5.74) is 0.478. The van der Waals surface area contributed by atoms with Crippen molar-refractivity contribution >= 4 is 5.97 Å². The van der Waals surface area contributed by atoms with Crippen LogP contribution in [-0.4, -0.2) is 24.1 Å². The van der Waals surface area contributed by atoms with Gasteiger partial charge in [0, 0.05) is 5.56 Å². The van der Waals surface area contributed by atoms with E-state index in [4.69, 9.17) is 9.26 Å². The van der Waals surface area contributed by atoms with E-state index >= 15 is 0 Å². The van der Waals surface area contributed by atoms with Gasteiger partial charge in [-0.1, -0.05) is 5.16 Å². The molecule has 0 spiro atoms. The Hall–Kier alpha value is -2.51. The molecule has 112 valence electrons. The van der Waals surface area contributed by atoms with Crippen LogP contribution in [0.25, 0.3) is 11.3 Å². The number of halogens is 3. The lowest BCUT2D eigenvalue weighted by molar-refractivity contribution is -0.274. The van der Waals surface area contributed by atoms with Crippen LogP contribution >= 0.6 is 0 Å². The van der Waals surface area contributed by atoms with E-state index in [9.17, 15) is 18.0 Å². The molecule has 1 aromatic carbocycles. The Morgan fingerprint density at radius 2 is 1.95 bits per heavy atom. The zero-order chi connectivity index (χ0) is 15.5. The molecule has 0 saturated heterocycles. The second kappa shape index (κ2) is 5.86. The molecule has 0 atom stereocenters. The smallest absolute Gasteiger partial charge is 0.462 e. The van der Waals surface area contributed by atoms with E-state index in [-0.39, 0.29) is 23.7 Å². The minimum Gasteiger partial charge on any atom is -0.462 e. The highest BCUT2D eigenvalue weighted by Gasteiger charge is 2.31. The molecule has 8 heteroatoms. The summed E-state index contributed by atoms with van der Waals surface area (Å²) in [5.74, 6) is -0.875. The zero-order valence-corrected chi connectivity index (χ0v) is 10.8. The van der Waals surface area contributed by atoms with Crippen molar-refractivity contribution in [3.05, 3.63) is 36.0 Å².